The van der Waals surface area contributed by atoms with Gasteiger partial charge in [0.2, 0.25) is 11.8 Å². The molecule has 1 N–H and O–H groups in total. The summed E-state index contributed by atoms with van der Waals surface area (Å²) in [5.41, 5.74) is 1.77. The molecule has 2 amide bonds. The van der Waals surface area contributed by atoms with Crippen molar-refractivity contribution in [3.63, 3.8) is 0 Å². The Labute approximate surface area is 166 Å². The maximum atomic E-state index is 13.3. The monoisotopic (exact) mass is 384 g/mol. The first-order valence-electron chi connectivity index (χ1n) is 9.79. The first kappa shape index (κ1) is 21.6. The number of amides is 2. The van der Waals surface area contributed by atoms with Crippen molar-refractivity contribution < 1.29 is 14.0 Å². The molecule has 2 aromatic rings. The Morgan fingerprint density at radius 3 is 2.21 bits per heavy atom. The van der Waals surface area contributed by atoms with Gasteiger partial charge in [-0.2, -0.15) is 0 Å². The van der Waals surface area contributed by atoms with Gasteiger partial charge in [-0.05, 0) is 29.7 Å². The Morgan fingerprint density at radius 1 is 1.00 bits per heavy atom. The lowest BCUT2D eigenvalue weighted by Crippen LogP contribution is -2.51. The lowest BCUT2D eigenvalue weighted by Gasteiger charge is -2.32. The molecule has 4 nitrogen and oxygen atoms in total. The summed E-state index contributed by atoms with van der Waals surface area (Å²) >= 11 is 0. The van der Waals surface area contributed by atoms with Gasteiger partial charge in [0, 0.05) is 25.4 Å². The predicted octanol–water partition coefficient (Wildman–Crippen LogP) is 3.95. The highest BCUT2D eigenvalue weighted by Gasteiger charge is 2.31. The van der Waals surface area contributed by atoms with Crippen molar-refractivity contribution in [3.05, 3.63) is 71.5 Å². The zero-order chi connectivity index (χ0) is 20.5. The largest absolute Gasteiger partial charge is 0.354 e. The third-order valence-corrected chi connectivity index (χ3v) is 4.54. The number of hydrogen-bond acceptors (Lipinski definition) is 2. The molecule has 0 aliphatic rings. The van der Waals surface area contributed by atoms with Gasteiger partial charge >= 0.3 is 0 Å². The molecule has 150 valence electrons. The number of benzene rings is 2. The predicted molar refractivity (Wildman–Crippen MR) is 109 cm³/mol. The van der Waals surface area contributed by atoms with Crippen LogP contribution >= 0.6 is 0 Å². The Hall–Kier alpha value is -2.69. The van der Waals surface area contributed by atoms with Crippen molar-refractivity contribution in [2.75, 3.05) is 6.54 Å². The molecular weight excluding hydrogens is 355 g/mol. The lowest BCUT2D eigenvalue weighted by atomic mass is 10.0. The molecule has 0 spiro atoms. The number of hydrogen-bond donors (Lipinski definition) is 1. The molecule has 0 aromatic heterocycles. The fourth-order valence-electron chi connectivity index (χ4n) is 3.01. The molecule has 28 heavy (non-hydrogen) atoms. The van der Waals surface area contributed by atoms with Crippen molar-refractivity contribution >= 4 is 11.8 Å². The molecule has 0 aliphatic carbocycles. The highest BCUT2D eigenvalue weighted by molar-refractivity contribution is 5.88. The minimum absolute atomic E-state index is 0.100. The molecule has 0 radical (unpaired) electrons. The van der Waals surface area contributed by atoms with Gasteiger partial charge < -0.3 is 10.2 Å². The Morgan fingerprint density at radius 2 is 1.64 bits per heavy atom. The zero-order valence-electron chi connectivity index (χ0n) is 16.8. The summed E-state index contributed by atoms with van der Waals surface area (Å²) in [6.45, 7) is 6.45. The van der Waals surface area contributed by atoms with E-state index >= 15 is 0 Å². The molecule has 0 unspecified atom stereocenters. The quantitative estimate of drug-likeness (QED) is 0.712. The summed E-state index contributed by atoms with van der Waals surface area (Å²) in [6, 6.07) is 15.1. The minimum Gasteiger partial charge on any atom is -0.354 e. The fraction of sp³-hybridized carbons (Fsp3) is 0.391. The number of carbonyl (C=O) groups excluding carboxylic acids is 2. The van der Waals surface area contributed by atoms with Crippen molar-refractivity contribution in [1.29, 1.82) is 0 Å². The van der Waals surface area contributed by atoms with Gasteiger partial charge in [-0.25, -0.2) is 4.39 Å². The molecule has 0 saturated carbocycles. The van der Waals surface area contributed by atoms with Crippen LogP contribution < -0.4 is 5.32 Å². The van der Waals surface area contributed by atoms with E-state index in [0.717, 1.165) is 17.5 Å². The van der Waals surface area contributed by atoms with Crippen LogP contribution in [0, 0.1) is 11.7 Å². The third kappa shape index (κ3) is 6.19. The average Bonchev–Trinajstić information content (AvgIpc) is 2.70. The van der Waals surface area contributed by atoms with E-state index in [0.29, 0.717) is 13.0 Å². The Kier molecular flexibility index (Phi) is 8.18. The van der Waals surface area contributed by atoms with Gasteiger partial charge in [-0.1, -0.05) is 63.2 Å². The second kappa shape index (κ2) is 10.6. The molecule has 1 atom stereocenters. The van der Waals surface area contributed by atoms with E-state index in [-0.39, 0.29) is 30.1 Å². The maximum absolute atomic E-state index is 13.3. The molecule has 5 heteroatoms. The first-order chi connectivity index (χ1) is 13.4. The van der Waals surface area contributed by atoms with Crippen LogP contribution in [-0.2, 0) is 22.6 Å². The molecule has 0 heterocycles. The smallest absolute Gasteiger partial charge is 0.243 e. The van der Waals surface area contributed by atoms with Gasteiger partial charge in [0.25, 0.3) is 0 Å². The Bertz CT molecular complexity index is 760. The standard InChI is InChI=1S/C23H29FN2O2/c1-4-14-25-22(27)21(15-18-8-6-5-7-9-18)26(23(28)17(2)3)16-19-10-12-20(24)13-11-19/h5-13,17,21H,4,14-16H2,1-3H3,(H,25,27)/t21-/m0/s1. The van der Waals surface area contributed by atoms with Crippen LogP contribution in [0.2, 0.25) is 0 Å². The normalized spacial score (nSPS) is 11.9. The van der Waals surface area contributed by atoms with Crippen molar-refractivity contribution in [2.45, 2.75) is 46.2 Å². The van der Waals surface area contributed by atoms with Crippen LogP contribution in [0.5, 0.6) is 0 Å². The number of carbonyl (C=O) groups is 2. The van der Waals surface area contributed by atoms with Gasteiger partial charge in [0.15, 0.2) is 0 Å². The number of nitrogens with one attached hydrogen (secondary N) is 1. The lowest BCUT2D eigenvalue weighted by molar-refractivity contribution is -0.143. The highest BCUT2D eigenvalue weighted by atomic mass is 19.1. The SMILES string of the molecule is CCCNC(=O)[C@H](Cc1ccccc1)N(Cc1ccc(F)cc1)C(=O)C(C)C. The average molecular weight is 384 g/mol. The summed E-state index contributed by atoms with van der Waals surface area (Å²) in [7, 11) is 0. The van der Waals surface area contributed by atoms with E-state index in [1.165, 1.54) is 12.1 Å². The van der Waals surface area contributed by atoms with Crippen LogP contribution in [0.4, 0.5) is 4.39 Å². The Balaban J connectivity index is 2.35. The van der Waals surface area contributed by atoms with Gasteiger partial charge in [-0.3, -0.25) is 9.59 Å². The van der Waals surface area contributed by atoms with Gasteiger partial charge in [0.05, 0.1) is 0 Å². The summed E-state index contributed by atoms with van der Waals surface area (Å²) in [4.78, 5) is 27.6. The van der Waals surface area contributed by atoms with Crippen molar-refractivity contribution in [1.82, 2.24) is 10.2 Å². The van der Waals surface area contributed by atoms with E-state index in [2.05, 4.69) is 5.32 Å². The molecule has 0 saturated heterocycles. The van der Waals surface area contributed by atoms with E-state index < -0.39 is 6.04 Å². The third-order valence-electron chi connectivity index (χ3n) is 4.54. The van der Waals surface area contributed by atoms with E-state index in [1.54, 1.807) is 17.0 Å². The van der Waals surface area contributed by atoms with Crippen LogP contribution in [0.25, 0.3) is 0 Å². The molecule has 0 aliphatic heterocycles. The van der Waals surface area contributed by atoms with Crippen molar-refractivity contribution in [2.24, 2.45) is 5.92 Å². The van der Waals surface area contributed by atoms with Crippen molar-refractivity contribution in [3.8, 4) is 0 Å². The summed E-state index contributed by atoms with van der Waals surface area (Å²) in [6.07, 6.45) is 1.25. The van der Waals surface area contributed by atoms with E-state index in [4.69, 9.17) is 0 Å². The maximum Gasteiger partial charge on any atom is 0.243 e. The van der Waals surface area contributed by atoms with Gasteiger partial charge in [-0.15, -0.1) is 0 Å². The zero-order valence-corrected chi connectivity index (χ0v) is 16.8. The summed E-state index contributed by atoms with van der Waals surface area (Å²) in [5.74, 6) is -0.844. The van der Waals surface area contributed by atoms with Crippen LogP contribution in [0.3, 0.4) is 0 Å². The molecular formula is C23H29FN2O2. The highest BCUT2D eigenvalue weighted by Crippen LogP contribution is 2.17. The summed E-state index contributed by atoms with van der Waals surface area (Å²) in [5, 5.41) is 2.93. The molecule has 0 bridgehead atoms. The van der Waals surface area contributed by atoms with E-state index in [9.17, 15) is 14.0 Å². The van der Waals surface area contributed by atoms with Crippen LogP contribution in [-0.4, -0.2) is 29.3 Å². The van der Waals surface area contributed by atoms with Crippen LogP contribution in [0.15, 0.2) is 54.6 Å². The first-order valence-corrected chi connectivity index (χ1v) is 9.79. The molecule has 0 fully saturated rings. The topological polar surface area (TPSA) is 49.4 Å². The number of rotatable bonds is 9. The second-order valence-electron chi connectivity index (χ2n) is 7.24. The van der Waals surface area contributed by atoms with E-state index in [1.807, 2.05) is 51.1 Å². The molecule has 2 rings (SSSR count). The second-order valence-corrected chi connectivity index (χ2v) is 7.24. The molecule has 2 aromatic carbocycles. The van der Waals surface area contributed by atoms with Crippen LogP contribution in [0.1, 0.15) is 38.3 Å². The number of halogens is 1. The number of nitrogens with zero attached hydrogens (tertiary/aromatic N) is 1. The summed E-state index contributed by atoms with van der Waals surface area (Å²) < 4.78 is 13.3. The minimum atomic E-state index is -0.631. The van der Waals surface area contributed by atoms with Gasteiger partial charge in [0.1, 0.15) is 11.9 Å². The fourth-order valence-corrected chi connectivity index (χ4v) is 3.01.